The monoisotopic (exact) mass is 225 g/mol. The first kappa shape index (κ1) is 13.7. The predicted molar refractivity (Wildman–Crippen MR) is 69.6 cm³/mol. The van der Waals surface area contributed by atoms with Crippen LogP contribution in [0.2, 0.25) is 0 Å². The quantitative estimate of drug-likeness (QED) is 0.531. The third-order valence-electron chi connectivity index (χ3n) is 3.55. The van der Waals surface area contributed by atoms with Gasteiger partial charge in [-0.2, -0.15) is 0 Å². The molecule has 0 bridgehead atoms. The fraction of sp³-hybridized carbons (Fsp3) is 0.857. The highest BCUT2D eigenvalue weighted by atomic mass is 16.5. The standard InChI is InChI=1S/C14H27NO/c1-6-7-8-15-12-9-13(14(12,4)5)16-10-11(2)3/h6,11-13,15H,1,7-10H2,2-5H3. The zero-order valence-corrected chi connectivity index (χ0v) is 11.3. The van der Waals surface area contributed by atoms with Gasteiger partial charge in [0.05, 0.1) is 6.10 Å². The molecular formula is C14H27NO. The van der Waals surface area contributed by atoms with Gasteiger partial charge in [0.15, 0.2) is 0 Å². The van der Waals surface area contributed by atoms with Crippen molar-refractivity contribution >= 4 is 0 Å². The first-order valence-corrected chi connectivity index (χ1v) is 6.44. The number of nitrogens with one attached hydrogen (secondary N) is 1. The summed E-state index contributed by atoms with van der Waals surface area (Å²) in [6.45, 7) is 14.7. The van der Waals surface area contributed by atoms with E-state index in [-0.39, 0.29) is 5.41 Å². The van der Waals surface area contributed by atoms with Crippen LogP contribution in [0, 0.1) is 11.3 Å². The molecular weight excluding hydrogens is 198 g/mol. The predicted octanol–water partition coefficient (Wildman–Crippen LogP) is 2.99. The van der Waals surface area contributed by atoms with Gasteiger partial charge in [0.25, 0.3) is 0 Å². The van der Waals surface area contributed by atoms with Crippen LogP contribution in [0.3, 0.4) is 0 Å². The van der Waals surface area contributed by atoms with Crippen LogP contribution in [0.25, 0.3) is 0 Å². The fourth-order valence-corrected chi connectivity index (χ4v) is 2.18. The summed E-state index contributed by atoms with van der Waals surface area (Å²) < 4.78 is 5.93. The summed E-state index contributed by atoms with van der Waals surface area (Å²) in [6.07, 6.45) is 4.59. The zero-order valence-electron chi connectivity index (χ0n) is 11.3. The van der Waals surface area contributed by atoms with E-state index >= 15 is 0 Å². The Kier molecular flexibility index (Phi) is 5.00. The number of hydrogen-bond acceptors (Lipinski definition) is 2. The van der Waals surface area contributed by atoms with E-state index in [2.05, 4.69) is 39.6 Å². The average molecular weight is 225 g/mol. The molecule has 1 aliphatic rings. The summed E-state index contributed by atoms with van der Waals surface area (Å²) in [5.41, 5.74) is 0.274. The third-order valence-corrected chi connectivity index (χ3v) is 3.55. The highest BCUT2D eigenvalue weighted by molar-refractivity contribution is 5.02. The second-order valence-corrected chi connectivity index (χ2v) is 5.86. The van der Waals surface area contributed by atoms with Crippen LogP contribution in [-0.4, -0.2) is 25.3 Å². The molecule has 1 aliphatic carbocycles. The van der Waals surface area contributed by atoms with Crippen molar-refractivity contribution in [3.05, 3.63) is 12.7 Å². The van der Waals surface area contributed by atoms with E-state index < -0.39 is 0 Å². The fourth-order valence-electron chi connectivity index (χ4n) is 2.18. The molecule has 2 unspecified atom stereocenters. The van der Waals surface area contributed by atoms with Gasteiger partial charge in [-0.1, -0.05) is 33.8 Å². The van der Waals surface area contributed by atoms with Crippen molar-refractivity contribution in [1.82, 2.24) is 5.32 Å². The Balaban J connectivity index is 2.26. The van der Waals surface area contributed by atoms with Crippen LogP contribution in [0.5, 0.6) is 0 Å². The Morgan fingerprint density at radius 3 is 2.69 bits per heavy atom. The van der Waals surface area contributed by atoms with Crippen molar-refractivity contribution in [2.45, 2.75) is 52.7 Å². The summed E-state index contributed by atoms with van der Waals surface area (Å²) in [5, 5.41) is 3.58. The van der Waals surface area contributed by atoms with E-state index in [0.29, 0.717) is 18.1 Å². The molecule has 0 saturated heterocycles. The first-order chi connectivity index (χ1) is 7.48. The van der Waals surface area contributed by atoms with Crippen LogP contribution in [-0.2, 0) is 4.74 Å². The van der Waals surface area contributed by atoms with Gasteiger partial charge in [0.2, 0.25) is 0 Å². The van der Waals surface area contributed by atoms with Crippen molar-refractivity contribution in [1.29, 1.82) is 0 Å². The lowest BCUT2D eigenvalue weighted by Gasteiger charge is -2.52. The van der Waals surface area contributed by atoms with Gasteiger partial charge >= 0.3 is 0 Å². The first-order valence-electron chi connectivity index (χ1n) is 6.44. The van der Waals surface area contributed by atoms with Gasteiger partial charge in [-0.3, -0.25) is 0 Å². The van der Waals surface area contributed by atoms with Gasteiger partial charge in [0.1, 0.15) is 0 Å². The zero-order chi connectivity index (χ0) is 12.2. The van der Waals surface area contributed by atoms with Crippen LogP contribution in [0.15, 0.2) is 12.7 Å². The lowest BCUT2D eigenvalue weighted by molar-refractivity contribution is -0.123. The molecule has 1 saturated carbocycles. The molecule has 1 N–H and O–H groups in total. The third kappa shape index (κ3) is 3.33. The van der Waals surface area contributed by atoms with Gasteiger partial charge < -0.3 is 10.1 Å². The number of ether oxygens (including phenoxy) is 1. The largest absolute Gasteiger partial charge is 0.377 e. The van der Waals surface area contributed by atoms with Crippen LogP contribution in [0.1, 0.15) is 40.5 Å². The highest BCUT2D eigenvalue weighted by Gasteiger charge is 2.48. The van der Waals surface area contributed by atoms with Crippen molar-refractivity contribution in [2.24, 2.45) is 11.3 Å². The molecule has 2 heteroatoms. The molecule has 0 amide bonds. The lowest BCUT2D eigenvalue weighted by Crippen LogP contribution is -2.61. The van der Waals surface area contributed by atoms with Crippen LogP contribution < -0.4 is 5.32 Å². The Morgan fingerprint density at radius 1 is 1.50 bits per heavy atom. The highest BCUT2D eigenvalue weighted by Crippen LogP contribution is 2.42. The van der Waals surface area contributed by atoms with Crippen LogP contribution >= 0.6 is 0 Å². The molecule has 94 valence electrons. The molecule has 0 radical (unpaired) electrons. The summed E-state index contributed by atoms with van der Waals surface area (Å²) >= 11 is 0. The SMILES string of the molecule is C=CCCNC1CC(OCC(C)C)C1(C)C. The lowest BCUT2D eigenvalue weighted by atomic mass is 9.64. The molecule has 0 aliphatic heterocycles. The molecule has 16 heavy (non-hydrogen) atoms. The minimum Gasteiger partial charge on any atom is -0.377 e. The maximum absolute atomic E-state index is 5.93. The maximum Gasteiger partial charge on any atom is 0.0656 e. The molecule has 0 heterocycles. The van der Waals surface area contributed by atoms with E-state index in [1.165, 1.54) is 0 Å². The summed E-state index contributed by atoms with van der Waals surface area (Å²) in [5.74, 6) is 0.628. The Bertz CT molecular complexity index is 223. The molecule has 0 aromatic rings. The Morgan fingerprint density at radius 2 is 2.19 bits per heavy atom. The molecule has 0 spiro atoms. The van der Waals surface area contributed by atoms with Crippen LogP contribution in [0.4, 0.5) is 0 Å². The summed E-state index contributed by atoms with van der Waals surface area (Å²) in [6, 6.07) is 0.601. The van der Waals surface area contributed by atoms with E-state index in [1.54, 1.807) is 0 Å². The summed E-state index contributed by atoms with van der Waals surface area (Å²) in [7, 11) is 0. The number of hydrogen-bond donors (Lipinski definition) is 1. The molecule has 0 aromatic heterocycles. The van der Waals surface area contributed by atoms with Crippen molar-refractivity contribution < 1.29 is 4.74 Å². The van der Waals surface area contributed by atoms with E-state index in [9.17, 15) is 0 Å². The molecule has 2 atom stereocenters. The average Bonchev–Trinajstić information content (AvgIpc) is 2.20. The molecule has 1 rings (SSSR count). The minimum atomic E-state index is 0.274. The smallest absolute Gasteiger partial charge is 0.0656 e. The molecule has 1 fully saturated rings. The van der Waals surface area contributed by atoms with Gasteiger partial charge in [-0.25, -0.2) is 0 Å². The van der Waals surface area contributed by atoms with Crippen molar-refractivity contribution in [3.8, 4) is 0 Å². The van der Waals surface area contributed by atoms with Crippen molar-refractivity contribution in [3.63, 3.8) is 0 Å². The van der Waals surface area contributed by atoms with E-state index in [0.717, 1.165) is 26.0 Å². The minimum absolute atomic E-state index is 0.274. The molecule has 2 nitrogen and oxygen atoms in total. The molecule has 0 aromatic carbocycles. The summed E-state index contributed by atoms with van der Waals surface area (Å²) in [4.78, 5) is 0. The van der Waals surface area contributed by atoms with Gasteiger partial charge in [0, 0.05) is 18.1 Å². The Hall–Kier alpha value is -0.340. The Labute approximate surface area is 100 Å². The van der Waals surface area contributed by atoms with E-state index in [4.69, 9.17) is 4.74 Å². The van der Waals surface area contributed by atoms with E-state index in [1.807, 2.05) is 6.08 Å². The van der Waals surface area contributed by atoms with Gasteiger partial charge in [-0.05, 0) is 25.3 Å². The number of rotatable bonds is 7. The normalized spacial score (nSPS) is 27.8. The van der Waals surface area contributed by atoms with Crippen molar-refractivity contribution in [2.75, 3.05) is 13.2 Å². The van der Waals surface area contributed by atoms with Gasteiger partial charge in [-0.15, -0.1) is 6.58 Å². The topological polar surface area (TPSA) is 21.3 Å². The second-order valence-electron chi connectivity index (χ2n) is 5.86. The maximum atomic E-state index is 5.93. The second kappa shape index (κ2) is 5.83.